The number of hydrogen-bond donors (Lipinski definition) is 0. The Balaban J connectivity index is 3.13. The predicted molar refractivity (Wildman–Crippen MR) is 58.3 cm³/mol. The van der Waals surface area contributed by atoms with Crippen LogP contribution in [0.25, 0.3) is 0 Å². The molecule has 0 fully saturated rings. The Kier molecular flexibility index (Phi) is 4.25. The third-order valence-corrected chi connectivity index (χ3v) is 2.01. The molecule has 1 rings (SSSR count). The van der Waals surface area contributed by atoms with Gasteiger partial charge in [-0.25, -0.2) is 0 Å². The lowest BCUT2D eigenvalue weighted by Gasteiger charge is -1.95. The van der Waals surface area contributed by atoms with Gasteiger partial charge in [-0.15, -0.1) is 0 Å². The van der Waals surface area contributed by atoms with E-state index < -0.39 is 16.4 Å². The molecule has 0 aliphatic rings. The molecular weight excluding hydrogens is 265 g/mol. The average molecular weight is 272 g/mol. The molecule has 0 bridgehead atoms. The van der Waals surface area contributed by atoms with E-state index in [2.05, 4.69) is 27.8 Å². The van der Waals surface area contributed by atoms with Crippen LogP contribution in [0.15, 0.2) is 18.2 Å². The van der Waals surface area contributed by atoms with Gasteiger partial charge >= 0.3 is 5.69 Å². The van der Waals surface area contributed by atoms with Gasteiger partial charge in [-0.1, -0.05) is 33.8 Å². The maximum absolute atomic E-state index is 13.1. The highest BCUT2D eigenvalue weighted by Gasteiger charge is 2.17. The standard InChI is InChI=1S/C10H7BrFNO2/c11-7-2-1-4-8-5-3-6-9(12)10(8)13(14)15/h3,5-6H,2,7H2. The van der Waals surface area contributed by atoms with Crippen LogP contribution in [0.2, 0.25) is 0 Å². The van der Waals surface area contributed by atoms with E-state index >= 15 is 0 Å². The fourth-order valence-electron chi connectivity index (χ4n) is 1.01. The summed E-state index contributed by atoms with van der Waals surface area (Å²) in [4.78, 5) is 9.81. The molecule has 0 aromatic heterocycles. The maximum atomic E-state index is 13.1. The number of nitro benzene ring substituents is 1. The second kappa shape index (κ2) is 5.47. The normalized spacial score (nSPS) is 9.20. The van der Waals surface area contributed by atoms with Crippen molar-refractivity contribution in [3.8, 4) is 11.8 Å². The van der Waals surface area contributed by atoms with Crippen molar-refractivity contribution in [1.29, 1.82) is 0 Å². The van der Waals surface area contributed by atoms with Crippen molar-refractivity contribution in [3.63, 3.8) is 0 Å². The predicted octanol–water partition coefficient (Wildman–Crippen LogP) is 2.87. The summed E-state index contributed by atoms with van der Waals surface area (Å²) in [6.07, 6.45) is 0.563. The Hall–Kier alpha value is -1.41. The number of para-hydroxylation sites is 1. The molecule has 1 aromatic rings. The molecule has 0 saturated heterocycles. The second-order valence-corrected chi connectivity index (χ2v) is 3.43. The van der Waals surface area contributed by atoms with E-state index in [1.54, 1.807) is 0 Å². The van der Waals surface area contributed by atoms with Gasteiger partial charge in [0.25, 0.3) is 0 Å². The Morgan fingerprint density at radius 3 is 2.87 bits per heavy atom. The number of hydrogen-bond acceptors (Lipinski definition) is 2. The third kappa shape index (κ3) is 3.03. The summed E-state index contributed by atoms with van der Waals surface area (Å²) in [5, 5.41) is 11.2. The monoisotopic (exact) mass is 271 g/mol. The SMILES string of the molecule is O=[N+]([O-])c1c(F)cccc1C#CCCBr. The lowest BCUT2D eigenvalue weighted by Crippen LogP contribution is -1.95. The first kappa shape index (κ1) is 11.7. The molecule has 15 heavy (non-hydrogen) atoms. The fourth-order valence-corrected chi connectivity index (χ4v) is 1.20. The number of benzene rings is 1. The Labute approximate surface area is 94.6 Å². The molecule has 0 unspecified atom stereocenters. The summed E-state index contributed by atoms with van der Waals surface area (Å²) in [7, 11) is 0. The van der Waals surface area contributed by atoms with Crippen LogP contribution in [0.5, 0.6) is 0 Å². The van der Waals surface area contributed by atoms with Crippen LogP contribution in [0, 0.1) is 27.8 Å². The highest BCUT2D eigenvalue weighted by Crippen LogP contribution is 2.21. The molecule has 1 aromatic carbocycles. The van der Waals surface area contributed by atoms with Gasteiger partial charge in [-0.05, 0) is 12.1 Å². The lowest BCUT2D eigenvalue weighted by atomic mass is 10.2. The smallest absolute Gasteiger partial charge is 0.258 e. The highest BCUT2D eigenvalue weighted by molar-refractivity contribution is 9.09. The van der Waals surface area contributed by atoms with Crippen LogP contribution in [-0.4, -0.2) is 10.3 Å². The Morgan fingerprint density at radius 1 is 1.53 bits per heavy atom. The molecule has 5 heteroatoms. The van der Waals surface area contributed by atoms with Crippen LogP contribution in [-0.2, 0) is 0 Å². The highest BCUT2D eigenvalue weighted by atomic mass is 79.9. The molecule has 0 amide bonds. The minimum Gasteiger partial charge on any atom is -0.258 e. The molecule has 78 valence electrons. The lowest BCUT2D eigenvalue weighted by molar-refractivity contribution is -0.387. The van der Waals surface area contributed by atoms with Gasteiger partial charge in [0.1, 0.15) is 5.56 Å². The van der Waals surface area contributed by atoms with Crippen molar-refractivity contribution >= 4 is 21.6 Å². The molecule has 0 heterocycles. The molecule has 3 nitrogen and oxygen atoms in total. The van der Waals surface area contributed by atoms with Gasteiger partial charge in [-0.2, -0.15) is 4.39 Å². The molecule has 0 aliphatic carbocycles. The zero-order valence-corrected chi connectivity index (χ0v) is 9.25. The number of nitro groups is 1. The van der Waals surface area contributed by atoms with E-state index in [4.69, 9.17) is 0 Å². The summed E-state index contributed by atoms with van der Waals surface area (Å²) in [5.41, 5.74) is -0.444. The first-order valence-corrected chi connectivity index (χ1v) is 5.26. The third-order valence-electron chi connectivity index (χ3n) is 1.61. The van der Waals surface area contributed by atoms with E-state index in [0.29, 0.717) is 11.8 Å². The van der Waals surface area contributed by atoms with Crippen molar-refractivity contribution in [2.24, 2.45) is 0 Å². The number of halogens is 2. The minimum atomic E-state index is -0.856. The van der Waals surface area contributed by atoms with Crippen LogP contribution in [0.4, 0.5) is 10.1 Å². The first-order valence-electron chi connectivity index (χ1n) is 4.14. The van der Waals surface area contributed by atoms with Gasteiger partial charge in [0, 0.05) is 11.8 Å². The van der Waals surface area contributed by atoms with Gasteiger partial charge in [-0.3, -0.25) is 10.1 Å². The van der Waals surface area contributed by atoms with Crippen molar-refractivity contribution in [2.45, 2.75) is 6.42 Å². The number of nitrogens with zero attached hydrogens (tertiary/aromatic N) is 1. The maximum Gasteiger partial charge on any atom is 0.320 e. The summed E-state index contributed by atoms with van der Waals surface area (Å²) in [5.74, 6) is 4.42. The molecule has 0 N–H and O–H groups in total. The van der Waals surface area contributed by atoms with Crippen molar-refractivity contribution in [2.75, 3.05) is 5.33 Å². The van der Waals surface area contributed by atoms with Gasteiger partial charge < -0.3 is 0 Å². The van der Waals surface area contributed by atoms with Crippen LogP contribution in [0.1, 0.15) is 12.0 Å². The van der Waals surface area contributed by atoms with E-state index in [-0.39, 0.29) is 5.56 Å². The van der Waals surface area contributed by atoms with Gasteiger partial charge in [0.15, 0.2) is 0 Å². The van der Waals surface area contributed by atoms with Crippen molar-refractivity contribution < 1.29 is 9.31 Å². The summed E-state index contributed by atoms with van der Waals surface area (Å²) >= 11 is 3.17. The summed E-state index contributed by atoms with van der Waals surface area (Å²) < 4.78 is 13.1. The topological polar surface area (TPSA) is 43.1 Å². The Morgan fingerprint density at radius 2 is 2.27 bits per heavy atom. The summed E-state index contributed by atoms with van der Waals surface area (Å²) in [6.45, 7) is 0. The van der Waals surface area contributed by atoms with Crippen LogP contribution < -0.4 is 0 Å². The molecule has 0 aliphatic heterocycles. The molecule has 0 spiro atoms. The van der Waals surface area contributed by atoms with E-state index in [1.165, 1.54) is 12.1 Å². The fraction of sp³-hybridized carbons (Fsp3) is 0.200. The van der Waals surface area contributed by atoms with E-state index in [0.717, 1.165) is 6.07 Å². The van der Waals surface area contributed by atoms with E-state index in [1.807, 2.05) is 0 Å². The van der Waals surface area contributed by atoms with Crippen LogP contribution >= 0.6 is 15.9 Å². The van der Waals surface area contributed by atoms with Crippen molar-refractivity contribution in [3.05, 3.63) is 39.7 Å². The number of alkyl halides is 1. The zero-order chi connectivity index (χ0) is 11.3. The largest absolute Gasteiger partial charge is 0.320 e. The Bertz CT molecular complexity index is 437. The molecule has 0 saturated carbocycles. The first-order chi connectivity index (χ1) is 7.16. The second-order valence-electron chi connectivity index (χ2n) is 2.63. The number of rotatable bonds is 2. The quantitative estimate of drug-likeness (QED) is 0.359. The van der Waals surface area contributed by atoms with Gasteiger partial charge in [0.2, 0.25) is 5.82 Å². The van der Waals surface area contributed by atoms with E-state index in [9.17, 15) is 14.5 Å². The van der Waals surface area contributed by atoms with Crippen molar-refractivity contribution in [1.82, 2.24) is 0 Å². The average Bonchev–Trinajstić information content (AvgIpc) is 2.17. The minimum absolute atomic E-state index is 0.112. The molecule has 0 radical (unpaired) electrons. The van der Waals surface area contributed by atoms with Crippen LogP contribution in [0.3, 0.4) is 0 Å². The molecule has 0 atom stereocenters. The van der Waals surface area contributed by atoms with Gasteiger partial charge in [0.05, 0.1) is 4.92 Å². The summed E-state index contributed by atoms with van der Waals surface area (Å²) in [6, 6.07) is 3.89. The zero-order valence-electron chi connectivity index (χ0n) is 7.67. The molecular formula is C10H7BrFNO2.